The van der Waals surface area contributed by atoms with Gasteiger partial charge < -0.3 is 5.32 Å². The van der Waals surface area contributed by atoms with E-state index in [0.29, 0.717) is 11.4 Å². The van der Waals surface area contributed by atoms with E-state index >= 15 is 0 Å². The Bertz CT molecular complexity index is 192. The van der Waals surface area contributed by atoms with Gasteiger partial charge in [-0.25, -0.2) is 0 Å². The molecule has 1 saturated carbocycles. The average Bonchev–Trinajstić information content (AvgIpc) is 2.39. The van der Waals surface area contributed by atoms with Gasteiger partial charge in [0.05, 0.1) is 0 Å². The number of hydrogen-bond acceptors (Lipinski definition) is 1. The molecule has 1 aliphatic carbocycles. The molecule has 0 aliphatic heterocycles. The van der Waals surface area contributed by atoms with Gasteiger partial charge in [0.1, 0.15) is 0 Å². The minimum Gasteiger partial charge on any atom is -0.309 e. The van der Waals surface area contributed by atoms with Gasteiger partial charge in [0.2, 0.25) is 0 Å². The van der Waals surface area contributed by atoms with E-state index in [4.69, 9.17) is 23.2 Å². The summed E-state index contributed by atoms with van der Waals surface area (Å²) in [5.41, 5.74) is 2.80. The Morgan fingerprint density at radius 1 is 1.36 bits per heavy atom. The molecule has 2 atom stereocenters. The lowest BCUT2D eigenvalue weighted by Gasteiger charge is -2.21. The van der Waals surface area contributed by atoms with E-state index < -0.39 is 0 Å². The third kappa shape index (κ3) is 4.20. The maximum atomic E-state index is 6.30. The fourth-order valence-electron chi connectivity index (χ4n) is 1.82. The van der Waals surface area contributed by atoms with Crippen molar-refractivity contribution < 1.29 is 0 Å². The van der Waals surface area contributed by atoms with Crippen LogP contribution in [0.3, 0.4) is 0 Å². The van der Waals surface area contributed by atoms with Gasteiger partial charge in [-0.15, -0.1) is 11.6 Å². The van der Waals surface area contributed by atoms with Crippen molar-refractivity contribution in [3.05, 3.63) is 11.1 Å². The lowest BCUT2D eigenvalue weighted by Crippen LogP contribution is -2.37. The second-order valence-corrected chi connectivity index (χ2v) is 4.88. The molecule has 82 valence electrons. The molecule has 0 aromatic rings. The third-order valence-corrected chi connectivity index (χ3v) is 3.66. The summed E-state index contributed by atoms with van der Waals surface area (Å²) in [7, 11) is 0. The molecule has 14 heavy (non-hydrogen) atoms. The number of hydrogen-bond donors (Lipinski definition) is 1. The van der Waals surface area contributed by atoms with Gasteiger partial charge in [0.25, 0.3) is 0 Å². The van der Waals surface area contributed by atoms with E-state index in [0.717, 1.165) is 13.0 Å². The maximum absolute atomic E-state index is 6.30. The molecular weight excluding hydrogens is 217 g/mol. The van der Waals surface area contributed by atoms with Crippen LogP contribution < -0.4 is 5.32 Å². The Kier molecular flexibility index (Phi) is 5.92. The van der Waals surface area contributed by atoms with Crippen LogP contribution in [0, 0.1) is 0 Å². The molecule has 1 aliphatic rings. The summed E-state index contributed by atoms with van der Waals surface area (Å²) >= 11 is 11.9. The highest BCUT2D eigenvalue weighted by Gasteiger charge is 2.20. The topological polar surface area (TPSA) is 12.0 Å². The molecule has 1 fully saturated rings. The largest absolute Gasteiger partial charge is 0.309 e. The van der Waals surface area contributed by atoms with Crippen molar-refractivity contribution in [1.82, 2.24) is 5.32 Å². The summed E-state index contributed by atoms with van der Waals surface area (Å²) in [6.07, 6.45) is 6.24. The van der Waals surface area contributed by atoms with Crippen LogP contribution in [-0.2, 0) is 0 Å². The maximum Gasteiger partial charge on any atom is 0.0489 e. The van der Waals surface area contributed by atoms with Gasteiger partial charge in [0.15, 0.2) is 0 Å². The zero-order valence-electron chi connectivity index (χ0n) is 8.73. The van der Waals surface area contributed by atoms with E-state index in [9.17, 15) is 0 Å². The quantitative estimate of drug-likeness (QED) is 0.582. The van der Waals surface area contributed by atoms with Crippen LogP contribution in [0.1, 0.15) is 39.0 Å². The average molecular weight is 236 g/mol. The number of alkyl halides is 1. The Morgan fingerprint density at radius 2 is 2.07 bits per heavy atom. The molecule has 0 bridgehead atoms. The molecule has 0 aromatic carbocycles. The number of rotatable bonds is 3. The van der Waals surface area contributed by atoms with Crippen LogP contribution in [0.4, 0.5) is 0 Å². The number of nitrogens with one attached hydrogen (secondary N) is 1. The minimum atomic E-state index is 0.292. The molecule has 2 unspecified atom stereocenters. The number of halogens is 2. The molecule has 1 rings (SSSR count). The van der Waals surface area contributed by atoms with Crippen molar-refractivity contribution in [1.29, 1.82) is 0 Å². The highest BCUT2D eigenvalue weighted by Crippen LogP contribution is 2.22. The normalized spacial score (nSPS) is 30.1. The lowest BCUT2D eigenvalue weighted by molar-refractivity contribution is 0.483. The summed E-state index contributed by atoms with van der Waals surface area (Å²) < 4.78 is 0. The van der Waals surface area contributed by atoms with E-state index in [1.165, 1.54) is 31.3 Å². The molecule has 0 saturated heterocycles. The fraction of sp³-hybridized carbons (Fsp3) is 0.818. The SMILES string of the molecule is C/C(=C\Cl)CNC1CCCCCC1Cl. The molecule has 0 radical (unpaired) electrons. The van der Waals surface area contributed by atoms with Crippen LogP contribution in [-0.4, -0.2) is 18.0 Å². The molecular formula is C11H19Cl2N. The summed E-state index contributed by atoms with van der Waals surface area (Å²) in [6.45, 7) is 2.89. The van der Waals surface area contributed by atoms with Gasteiger partial charge in [-0.3, -0.25) is 0 Å². The van der Waals surface area contributed by atoms with E-state index in [1.54, 1.807) is 5.54 Å². The van der Waals surface area contributed by atoms with Gasteiger partial charge in [-0.05, 0) is 25.3 Å². The smallest absolute Gasteiger partial charge is 0.0489 e. The summed E-state index contributed by atoms with van der Waals surface area (Å²) in [5, 5.41) is 3.77. The fourth-order valence-corrected chi connectivity index (χ4v) is 2.27. The van der Waals surface area contributed by atoms with Crippen molar-refractivity contribution >= 4 is 23.2 Å². The third-order valence-electron chi connectivity index (χ3n) is 2.76. The van der Waals surface area contributed by atoms with Crippen molar-refractivity contribution in [2.75, 3.05) is 6.54 Å². The van der Waals surface area contributed by atoms with Crippen molar-refractivity contribution in [3.8, 4) is 0 Å². The van der Waals surface area contributed by atoms with Crippen LogP contribution in [0.25, 0.3) is 0 Å². The van der Waals surface area contributed by atoms with E-state index in [2.05, 4.69) is 5.32 Å². The predicted octanol–water partition coefficient (Wildman–Crippen LogP) is 3.66. The Labute approximate surface area is 96.8 Å². The molecule has 0 amide bonds. The first-order chi connectivity index (χ1) is 6.74. The van der Waals surface area contributed by atoms with Crippen LogP contribution >= 0.6 is 23.2 Å². The zero-order valence-corrected chi connectivity index (χ0v) is 10.2. The highest BCUT2D eigenvalue weighted by atomic mass is 35.5. The van der Waals surface area contributed by atoms with Gasteiger partial charge >= 0.3 is 0 Å². The zero-order chi connectivity index (χ0) is 10.4. The molecule has 1 nitrogen and oxygen atoms in total. The lowest BCUT2D eigenvalue weighted by atomic mass is 10.1. The second-order valence-electron chi connectivity index (χ2n) is 4.10. The molecule has 1 N–H and O–H groups in total. The summed E-state index contributed by atoms with van der Waals surface area (Å²) in [6, 6.07) is 0.464. The summed E-state index contributed by atoms with van der Waals surface area (Å²) in [5.74, 6) is 0. The van der Waals surface area contributed by atoms with Crippen LogP contribution in [0.2, 0.25) is 0 Å². The van der Waals surface area contributed by atoms with Crippen LogP contribution in [0.15, 0.2) is 11.1 Å². The predicted molar refractivity (Wildman–Crippen MR) is 64.1 cm³/mol. The van der Waals surface area contributed by atoms with Crippen molar-refractivity contribution in [2.24, 2.45) is 0 Å². The van der Waals surface area contributed by atoms with E-state index in [-0.39, 0.29) is 0 Å². The molecule has 0 heterocycles. The second kappa shape index (κ2) is 6.71. The molecule has 0 spiro atoms. The monoisotopic (exact) mass is 235 g/mol. The Balaban J connectivity index is 2.33. The van der Waals surface area contributed by atoms with Crippen molar-refractivity contribution in [3.63, 3.8) is 0 Å². The van der Waals surface area contributed by atoms with E-state index in [1.807, 2.05) is 6.92 Å². The van der Waals surface area contributed by atoms with Gasteiger partial charge in [-0.2, -0.15) is 0 Å². The first kappa shape index (κ1) is 12.4. The highest BCUT2D eigenvalue weighted by molar-refractivity contribution is 6.25. The summed E-state index contributed by atoms with van der Waals surface area (Å²) in [4.78, 5) is 0. The standard InChI is InChI=1S/C11H19Cl2N/c1-9(7-12)8-14-11-6-4-2-3-5-10(11)13/h7,10-11,14H,2-6,8H2,1H3/b9-7+. The Morgan fingerprint density at radius 3 is 2.79 bits per heavy atom. The molecule has 3 heteroatoms. The Hall–Kier alpha value is 0.280. The minimum absolute atomic E-state index is 0.292. The van der Waals surface area contributed by atoms with Crippen LogP contribution in [0.5, 0.6) is 0 Å². The first-order valence-electron chi connectivity index (χ1n) is 5.37. The van der Waals surface area contributed by atoms with Gasteiger partial charge in [0, 0.05) is 23.5 Å². The van der Waals surface area contributed by atoms with Crippen molar-refractivity contribution in [2.45, 2.75) is 50.4 Å². The molecule has 0 aromatic heterocycles. The van der Waals surface area contributed by atoms with Gasteiger partial charge in [-0.1, -0.05) is 30.9 Å². The first-order valence-corrected chi connectivity index (χ1v) is 6.24.